The maximum absolute atomic E-state index is 13.6. The van der Waals surface area contributed by atoms with Crippen molar-refractivity contribution in [2.24, 2.45) is 5.41 Å². The first kappa shape index (κ1) is 29.9. The molecule has 0 spiro atoms. The van der Waals surface area contributed by atoms with Crippen molar-refractivity contribution >= 4 is 5.91 Å². The van der Waals surface area contributed by atoms with Crippen molar-refractivity contribution in [2.45, 2.75) is 72.8 Å². The molecule has 6 nitrogen and oxygen atoms in total. The fourth-order valence-corrected chi connectivity index (χ4v) is 4.46. The number of nitrogens with zero attached hydrogens (tertiary/aromatic N) is 4. The number of methoxy groups -OCH3 is 1. The molecule has 1 unspecified atom stereocenters. The Morgan fingerprint density at radius 2 is 1.78 bits per heavy atom. The quantitative estimate of drug-likeness (QED) is 0.291. The van der Waals surface area contributed by atoms with Crippen molar-refractivity contribution in [2.75, 3.05) is 14.2 Å². The summed E-state index contributed by atoms with van der Waals surface area (Å²) in [5, 5.41) is 0. The van der Waals surface area contributed by atoms with Crippen LogP contribution in [0.15, 0.2) is 55.0 Å². The first-order chi connectivity index (χ1) is 17.6. The van der Waals surface area contributed by atoms with Crippen LogP contribution in [0.2, 0.25) is 0 Å². The highest BCUT2D eigenvalue weighted by Crippen LogP contribution is 2.35. The van der Waals surface area contributed by atoms with Crippen LogP contribution >= 0.6 is 0 Å². The Balaban J connectivity index is 0.000000449. The third-order valence-corrected chi connectivity index (χ3v) is 6.55. The van der Waals surface area contributed by atoms with Gasteiger partial charge in [0.15, 0.2) is 5.82 Å². The van der Waals surface area contributed by atoms with Crippen LogP contribution in [0.25, 0.3) is 11.4 Å². The Hall–Kier alpha value is -3.35. The predicted molar refractivity (Wildman–Crippen MR) is 147 cm³/mol. The van der Waals surface area contributed by atoms with Crippen LogP contribution in [0.1, 0.15) is 75.7 Å². The van der Waals surface area contributed by atoms with Gasteiger partial charge in [-0.1, -0.05) is 64.7 Å². The fraction of sp³-hybridized carbons (Fsp3) is 0.467. The normalized spacial score (nSPS) is 11.8. The molecule has 1 aromatic carbocycles. The highest BCUT2D eigenvalue weighted by atomic mass is 19.1. The first-order valence-corrected chi connectivity index (χ1v) is 12.9. The zero-order chi connectivity index (χ0) is 27.4. The smallest absolute Gasteiger partial charge is 0.254 e. The minimum atomic E-state index is -0.351. The van der Waals surface area contributed by atoms with Gasteiger partial charge in [-0.2, -0.15) is 0 Å². The molecule has 3 rings (SSSR count). The SMILES string of the molecule is CCCCC(C)(C)C(CCC)N(C)C(=O)c1cc(C)ccc1-c1ncccn1.COc1ccc(F)cn1. The van der Waals surface area contributed by atoms with Crippen LogP contribution in [0.5, 0.6) is 5.88 Å². The Labute approximate surface area is 221 Å². The first-order valence-electron chi connectivity index (χ1n) is 12.9. The molecule has 200 valence electrons. The standard InChI is InChI=1S/C24H35N3O.C6H6FNO/c1-7-9-14-24(4,5)21(11-8-2)27(6)23(28)20-17-18(3)12-13-19(20)22-25-15-10-16-26-22;1-9-6-3-2-5(7)4-8-6/h10,12-13,15-17,21H,7-9,11,14H2,1-6H3;2-4H,1H3. The van der Waals surface area contributed by atoms with E-state index in [0.717, 1.165) is 36.6 Å². The van der Waals surface area contributed by atoms with E-state index in [1.54, 1.807) is 18.5 Å². The van der Waals surface area contributed by atoms with Crippen molar-refractivity contribution < 1.29 is 13.9 Å². The third kappa shape index (κ3) is 8.62. The molecule has 0 saturated heterocycles. The molecule has 0 N–H and O–H groups in total. The molecule has 1 amide bonds. The molecule has 1 atom stereocenters. The van der Waals surface area contributed by atoms with Crippen LogP contribution < -0.4 is 4.74 Å². The van der Waals surface area contributed by atoms with E-state index in [2.05, 4.69) is 42.6 Å². The maximum atomic E-state index is 13.6. The summed E-state index contributed by atoms with van der Waals surface area (Å²) >= 11 is 0. The third-order valence-electron chi connectivity index (χ3n) is 6.55. The molecule has 3 aromatic rings. The minimum absolute atomic E-state index is 0.0502. The molecular weight excluding hydrogens is 467 g/mol. The Kier molecular flexibility index (Phi) is 11.6. The van der Waals surface area contributed by atoms with Crippen LogP contribution in [0.3, 0.4) is 0 Å². The number of hydrogen-bond acceptors (Lipinski definition) is 5. The molecule has 0 bridgehead atoms. The zero-order valence-electron chi connectivity index (χ0n) is 23.3. The van der Waals surface area contributed by atoms with Crippen molar-refractivity contribution in [1.29, 1.82) is 0 Å². The number of ether oxygens (including phenoxy) is 1. The summed E-state index contributed by atoms with van der Waals surface area (Å²) in [7, 11) is 3.44. The number of aromatic nitrogens is 3. The van der Waals surface area contributed by atoms with E-state index in [1.165, 1.54) is 32.1 Å². The van der Waals surface area contributed by atoms with Gasteiger partial charge in [0.2, 0.25) is 5.88 Å². The fourth-order valence-electron chi connectivity index (χ4n) is 4.46. The molecule has 37 heavy (non-hydrogen) atoms. The summed E-state index contributed by atoms with van der Waals surface area (Å²) in [6.07, 6.45) is 10.1. The summed E-state index contributed by atoms with van der Waals surface area (Å²) in [6, 6.07) is 10.7. The summed E-state index contributed by atoms with van der Waals surface area (Å²) in [6.45, 7) is 11.0. The lowest BCUT2D eigenvalue weighted by Gasteiger charge is -2.41. The van der Waals surface area contributed by atoms with Crippen LogP contribution in [-0.2, 0) is 0 Å². The number of carbonyl (C=O) groups excluding carboxylic acids is 1. The second-order valence-corrected chi connectivity index (χ2v) is 9.95. The highest BCUT2D eigenvalue weighted by Gasteiger charge is 2.34. The van der Waals surface area contributed by atoms with E-state index in [0.29, 0.717) is 17.3 Å². The lowest BCUT2D eigenvalue weighted by atomic mass is 9.77. The van der Waals surface area contributed by atoms with Gasteiger partial charge < -0.3 is 9.64 Å². The number of carbonyl (C=O) groups is 1. The molecular formula is C30H41FN4O2. The largest absolute Gasteiger partial charge is 0.481 e. The number of amides is 1. The van der Waals surface area contributed by atoms with Crippen LogP contribution in [0.4, 0.5) is 4.39 Å². The summed E-state index contributed by atoms with van der Waals surface area (Å²) in [5.74, 6) is 0.720. The van der Waals surface area contributed by atoms with E-state index in [9.17, 15) is 9.18 Å². The van der Waals surface area contributed by atoms with Crippen molar-refractivity contribution in [3.63, 3.8) is 0 Å². The number of benzene rings is 1. The molecule has 0 fully saturated rings. The number of aryl methyl sites for hydroxylation is 1. The average molecular weight is 509 g/mol. The number of unbranched alkanes of at least 4 members (excludes halogenated alkanes) is 1. The van der Waals surface area contributed by atoms with Gasteiger partial charge >= 0.3 is 0 Å². The molecule has 0 aliphatic carbocycles. The van der Waals surface area contributed by atoms with Crippen molar-refractivity contribution in [3.05, 3.63) is 71.9 Å². The van der Waals surface area contributed by atoms with Crippen LogP contribution in [0, 0.1) is 18.2 Å². The summed E-state index contributed by atoms with van der Waals surface area (Å²) in [4.78, 5) is 27.9. The zero-order valence-corrected chi connectivity index (χ0v) is 23.3. The van der Waals surface area contributed by atoms with E-state index >= 15 is 0 Å². The number of rotatable bonds is 10. The Morgan fingerprint density at radius 1 is 1.08 bits per heavy atom. The number of pyridine rings is 1. The van der Waals surface area contributed by atoms with Gasteiger partial charge in [0.05, 0.1) is 18.9 Å². The van der Waals surface area contributed by atoms with Gasteiger partial charge in [-0.15, -0.1) is 0 Å². The average Bonchev–Trinajstić information content (AvgIpc) is 2.91. The monoisotopic (exact) mass is 508 g/mol. The molecule has 0 aliphatic heterocycles. The lowest BCUT2D eigenvalue weighted by Crippen LogP contribution is -2.46. The molecule has 2 aromatic heterocycles. The van der Waals surface area contributed by atoms with Crippen molar-refractivity contribution in [3.8, 4) is 17.3 Å². The van der Waals surface area contributed by atoms with E-state index in [1.807, 2.05) is 37.1 Å². The topological polar surface area (TPSA) is 68.2 Å². The van der Waals surface area contributed by atoms with Gasteiger partial charge in [-0.05, 0) is 43.4 Å². The van der Waals surface area contributed by atoms with Gasteiger partial charge in [-0.3, -0.25) is 4.79 Å². The molecule has 7 heteroatoms. The second kappa shape index (κ2) is 14.4. The van der Waals surface area contributed by atoms with Crippen LogP contribution in [-0.4, -0.2) is 46.0 Å². The lowest BCUT2D eigenvalue weighted by molar-refractivity contribution is 0.0523. The van der Waals surface area contributed by atoms with Gasteiger partial charge in [0.1, 0.15) is 5.82 Å². The highest BCUT2D eigenvalue weighted by molar-refractivity contribution is 6.00. The van der Waals surface area contributed by atoms with E-state index in [4.69, 9.17) is 4.74 Å². The predicted octanol–water partition coefficient (Wildman–Crippen LogP) is 7.14. The number of hydrogen-bond donors (Lipinski definition) is 0. The number of halogens is 1. The maximum Gasteiger partial charge on any atom is 0.254 e. The summed E-state index contributed by atoms with van der Waals surface area (Å²) < 4.78 is 16.8. The van der Waals surface area contributed by atoms with Gasteiger partial charge in [0.25, 0.3) is 5.91 Å². The molecule has 0 radical (unpaired) electrons. The second-order valence-electron chi connectivity index (χ2n) is 9.95. The Morgan fingerprint density at radius 3 is 2.35 bits per heavy atom. The molecule has 0 aliphatic rings. The van der Waals surface area contributed by atoms with Gasteiger partial charge in [0, 0.05) is 37.1 Å². The minimum Gasteiger partial charge on any atom is -0.481 e. The molecule has 0 saturated carbocycles. The Bertz CT molecular complexity index is 1100. The van der Waals surface area contributed by atoms with E-state index < -0.39 is 0 Å². The van der Waals surface area contributed by atoms with Crippen molar-refractivity contribution in [1.82, 2.24) is 19.9 Å². The van der Waals surface area contributed by atoms with Gasteiger partial charge in [-0.25, -0.2) is 19.3 Å². The van der Waals surface area contributed by atoms with E-state index in [-0.39, 0.29) is 23.2 Å². The summed E-state index contributed by atoms with van der Waals surface area (Å²) in [5.41, 5.74) is 2.61. The molecule has 2 heterocycles.